The molecule has 0 saturated carbocycles. The van der Waals surface area contributed by atoms with Gasteiger partial charge in [0.1, 0.15) is 0 Å². The Hall–Kier alpha value is -0.770. The second kappa shape index (κ2) is 6.98. The summed E-state index contributed by atoms with van der Waals surface area (Å²) in [6, 6.07) is 7.90. The van der Waals surface area contributed by atoms with Crippen LogP contribution in [0.15, 0.2) is 24.3 Å². The number of hydrogen-bond donors (Lipinski definition) is 1. The van der Waals surface area contributed by atoms with Crippen molar-refractivity contribution >= 4 is 29.9 Å². The molecule has 0 spiro atoms. The van der Waals surface area contributed by atoms with Crippen LogP contribution in [0.5, 0.6) is 0 Å². The van der Waals surface area contributed by atoms with Gasteiger partial charge in [-0.1, -0.05) is 29.8 Å². The van der Waals surface area contributed by atoms with E-state index in [1.54, 1.807) is 0 Å². The molecule has 18 heavy (non-hydrogen) atoms. The van der Waals surface area contributed by atoms with E-state index in [4.69, 9.17) is 11.6 Å². The molecule has 1 fully saturated rings. The molecule has 0 unspecified atom stereocenters. The van der Waals surface area contributed by atoms with E-state index in [-0.39, 0.29) is 18.3 Å². The highest BCUT2D eigenvalue weighted by Crippen LogP contribution is 2.16. The number of carbonyl (C=O) groups excluding carboxylic acids is 1. The van der Waals surface area contributed by atoms with Gasteiger partial charge in [0.05, 0.1) is 6.42 Å². The lowest BCUT2D eigenvalue weighted by atomic mass is 10.1. The molecule has 1 N–H and O–H groups in total. The molecule has 1 saturated heterocycles. The molecule has 1 aromatic rings. The van der Waals surface area contributed by atoms with E-state index >= 15 is 0 Å². The SMILES string of the molecule is C[C@@H]1CN(C(=O)Cc2ccccc2Cl)CCN1.Cl. The van der Waals surface area contributed by atoms with Gasteiger partial charge in [-0.3, -0.25) is 4.79 Å². The molecular formula is C13H18Cl2N2O. The lowest BCUT2D eigenvalue weighted by molar-refractivity contribution is -0.131. The maximum atomic E-state index is 12.1. The molecule has 0 aromatic heterocycles. The summed E-state index contributed by atoms with van der Waals surface area (Å²) in [5.41, 5.74) is 0.908. The summed E-state index contributed by atoms with van der Waals surface area (Å²) >= 11 is 6.05. The third-order valence-electron chi connectivity index (χ3n) is 3.02. The van der Waals surface area contributed by atoms with Crippen LogP contribution in [0.3, 0.4) is 0 Å². The van der Waals surface area contributed by atoms with Crippen molar-refractivity contribution in [2.45, 2.75) is 19.4 Å². The number of nitrogens with zero attached hydrogens (tertiary/aromatic N) is 1. The van der Waals surface area contributed by atoms with E-state index in [1.807, 2.05) is 29.2 Å². The van der Waals surface area contributed by atoms with Crippen molar-refractivity contribution in [3.8, 4) is 0 Å². The van der Waals surface area contributed by atoms with Gasteiger partial charge in [0, 0.05) is 30.7 Å². The number of rotatable bonds is 2. The molecule has 1 amide bonds. The van der Waals surface area contributed by atoms with Gasteiger partial charge in [-0.25, -0.2) is 0 Å². The highest BCUT2D eigenvalue weighted by Gasteiger charge is 2.20. The van der Waals surface area contributed by atoms with Crippen LogP contribution in [0.1, 0.15) is 12.5 Å². The molecule has 1 atom stereocenters. The molecule has 1 heterocycles. The molecule has 0 bridgehead atoms. The van der Waals surface area contributed by atoms with Gasteiger partial charge in [-0.15, -0.1) is 12.4 Å². The summed E-state index contributed by atoms with van der Waals surface area (Å²) in [6.07, 6.45) is 0.395. The predicted molar refractivity (Wildman–Crippen MR) is 76.4 cm³/mol. The van der Waals surface area contributed by atoms with Crippen LogP contribution >= 0.6 is 24.0 Å². The molecule has 1 aliphatic heterocycles. The number of hydrogen-bond acceptors (Lipinski definition) is 2. The summed E-state index contributed by atoms with van der Waals surface area (Å²) in [5, 5.41) is 3.99. The summed E-state index contributed by atoms with van der Waals surface area (Å²) in [6.45, 7) is 4.53. The topological polar surface area (TPSA) is 32.3 Å². The van der Waals surface area contributed by atoms with Crippen LogP contribution < -0.4 is 5.32 Å². The Morgan fingerprint density at radius 1 is 1.50 bits per heavy atom. The fourth-order valence-corrected chi connectivity index (χ4v) is 2.28. The second-order valence-electron chi connectivity index (χ2n) is 4.46. The number of piperazine rings is 1. The standard InChI is InChI=1S/C13H17ClN2O.ClH/c1-10-9-16(7-6-15-10)13(17)8-11-4-2-3-5-12(11)14;/h2-5,10,15H,6-9H2,1H3;1H/t10-;/m1./s1. The van der Waals surface area contributed by atoms with Crippen LogP contribution in [-0.2, 0) is 11.2 Å². The molecule has 0 aliphatic carbocycles. The van der Waals surface area contributed by atoms with Crippen LogP contribution in [0.4, 0.5) is 0 Å². The van der Waals surface area contributed by atoms with Crippen molar-refractivity contribution in [3.05, 3.63) is 34.9 Å². The first-order valence-electron chi connectivity index (χ1n) is 5.91. The van der Waals surface area contributed by atoms with Gasteiger partial charge in [0.15, 0.2) is 0 Å². The fraction of sp³-hybridized carbons (Fsp3) is 0.462. The van der Waals surface area contributed by atoms with E-state index < -0.39 is 0 Å². The van der Waals surface area contributed by atoms with E-state index in [2.05, 4.69) is 12.2 Å². The average Bonchev–Trinajstić information content (AvgIpc) is 2.32. The molecule has 100 valence electrons. The molecular weight excluding hydrogens is 271 g/mol. The molecule has 0 radical (unpaired) electrons. The van der Waals surface area contributed by atoms with Crippen molar-refractivity contribution in [1.82, 2.24) is 10.2 Å². The lowest BCUT2D eigenvalue weighted by Crippen LogP contribution is -2.51. The second-order valence-corrected chi connectivity index (χ2v) is 4.87. The Kier molecular flexibility index (Phi) is 5.93. The van der Waals surface area contributed by atoms with Gasteiger partial charge < -0.3 is 10.2 Å². The first-order valence-corrected chi connectivity index (χ1v) is 6.29. The third kappa shape index (κ3) is 3.87. The monoisotopic (exact) mass is 288 g/mol. The van der Waals surface area contributed by atoms with Gasteiger partial charge in [-0.2, -0.15) is 0 Å². The molecule has 2 rings (SSSR count). The molecule has 5 heteroatoms. The third-order valence-corrected chi connectivity index (χ3v) is 3.39. The quantitative estimate of drug-likeness (QED) is 0.904. The van der Waals surface area contributed by atoms with Gasteiger partial charge >= 0.3 is 0 Å². The Morgan fingerprint density at radius 3 is 2.89 bits per heavy atom. The van der Waals surface area contributed by atoms with E-state index in [1.165, 1.54) is 0 Å². The van der Waals surface area contributed by atoms with E-state index in [9.17, 15) is 4.79 Å². The van der Waals surface area contributed by atoms with Crippen LogP contribution in [0, 0.1) is 0 Å². The van der Waals surface area contributed by atoms with Crippen LogP contribution in [-0.4, -0.2) is 36.5 Å². The maximum Gasteiger partial charge on any atom is 0.227 e. The van der Waals surface area contributed by atoms with Crippen molar-refractivity contribution in [3.63, 3.8) is 0 Å². The fourth-order valence-electron chi connectivity index (χ4n) is 2.08. The van der Waals surface area contributed by atoms with E-state index in [0.29, 0.717) is 17.5 Å². The lowest BCUT2D eigenvalue weighted by Gasteiger charge is -2.32. The average molecular weight is 289 g/mol. The largest absolute Gasteiger partial charge is 0.340 e. The Morgan fingerprint density at radius 2 is 2.22 bits per heavy atom. The van der Waals surface area contributed by atoms with Gasteiger partial charge in [-0.05, 0) is 18.6 Å². The Bertz CT molecular complexity index is 412. The minimum atomic E-state index is 0. The molecule has 1 aliphatic rings. The van der Waals surface area contributed by atoms with E-state index in [0.717, 1.165) is 25.2 Å². The smallest absolute Gasteiger partial charge is 0.227 e. The maximum absolute atomic E-state index is 12.1. The number of amides is 1. The minimum Gasteiger partial charge on any atom is -0.340 e. The zero-order valence-electron chi connectivity index (χ0n) is 10.4. The van der Waals surface area contributed by atoms with Crippen LogP contribution in [0.25, 0.3) is 0 Å². The van der Waals surface area contributed by atoms with Crippen LogP contribution in [0.2, 0.25) is 5.02 Å². The van der Waals surface area contributed by atoms with Crippen molar-refractivity contribution in [2.75, 3.05) is 19.6 Å². The zero-order valence-corrected chi connectivity index (χ0v) is 11.9. The molecule has 3 nitrogen and oxygen atoms in total. The summed E-state index contributed by atoms with van der Waals surface area (Å²) in [4.78, 5) is 14.0. The number of carbonyl (C=O) groups is 1. The van der Waals surface area contributed by atoms with Crippen molar-refractivity contribution in [1.29, 1.82) is 0 Å². The first-order chi connectivity index (χ1) is 8.16. The zero-order chi connectivity index (χ0) is 12.3. The molecule has 1 aromatic carbocycles. The first kappa shape index (κ1) is 15.3. The van der Waals surface area contributed by atoms with Gasteiger partial charge in [0.2, 0.25) is 5.91 Å². The predicted octanol–water partition coefficient (Wildman–Crippen LogP) is 2.12. The van der Waals surface area contributed by atoms with Crippen molar-refractivity contribution in [2.24, 2.45) is 0 Å². The number of halogens is 2. The Labute approximate surface area is 119 Å². The minimum absolute atomic E-state index is 0. The van der Waals surface area contributed by atoms with Crippen molar-refractivity contribution < 1.29 is 4.79 Å². The number of nitrogens with one attached hydrogen (secondary N) is 1. The highest BCUT2D eigenvalue weighted by atomic mass is 35.5. The normalized spacial score (nSPS) is 19.2. The van der Waals surface area contributed by atoms with Gasteiger partial charge in [0.25, 0.3) is 0 Å². The Balaban J connectivity index is 0.00000162. The number of benzene rings is 1. The summed E-state index contributed by atoms with van der Waals surface area (Å²) < 4.78 is 0. The summed E-state index contributed by atoms with van der Waals surface area (Å²) in [5.74, 6) is 0.159. The highest BCUT2D eigenvalue weighted by molar-refractivity contribution is 6.31. The summed E-state index contributed by atoms with van der Waals surface area (Å²) in [7, 11) is 0.